The van der Waals surface area contributed by atoms with Crippen LogP contribution in [-0.2, 0) is 9.47 Å². The third kappa shape index (κ3) is 7.35. The predicted molar refractivity (Wildman–Crippen MR) is 111 cm³/mol. The molecule has 2 atom stereocenters. The highest BCUT2D eigenvalue weighted by atomic mass is 32.1. The maximum Gasteiger partial charge on any atom is 0.165 e. The summed E-state index contributed by atoms with van der Waals surface area (Å²) in [6.45, 7) is 15.8. The molecule has 0 aromatic rings. The molecule has 1 aliphatic carbocycles. The molecule has 0 amide bonds. The van der Waals surface area contributed by atoms with Gasteiger partial charge in [-0.3, -0.25) is 0 Å². The molecule has 0 radical (unpaired) electrons. The first-order valence-electron chi connectivity index (χ1n) is 9.30. The van der Waals surface area contributed by atoms with Gasteiger partial charge in [0.1, 0.15) is 0 Å². The monoisotopic (exact) mass is 372 g/mol. The van der Waals surface area contributed by atoms with Gasteiger partial charge in [0, 0.05) is 10.8 Å². The van der Waals surface area contributed by atoms with Crippen LogP contribution in [0.2, 0.25) is 0 Å². The van der Waals surface area contributed by atoms with E-state index in [9.17, 15) is 0 Å². The molecule has 0 aromatic carbocycles. The van der Waals surface area contributed by atoms with Crippen LogP contribution in [0, 0.1) is 22.7 Å². The van der Waals surface area contributed by atoms with Gasteiger partial charge in [-0.1, -0.05) is 54.9 Å². The van der Waals surface area contributed by atoms with Crippen LogP contribution in [-0.4, -0.2) is 22.8 Å². The maximum atomic E-state index is 6.11. The van der Waals surface area contributed by atoms with E-state index in [1.54, 1.807) is 0 Å². The van der Waals surface area contributed by atoms with Crippen LogP contribution in [0.4, 0.5) is 0 Å². The zero-order valence-electron chi connectivity index (χ0n) is 16.6. The Labute approximate surface area is 160 Å². The van der Waals surface area contributed by atoms with Crippen LogP contribution in [0.25, 0.3) is 0 Å². The Bertz CT molecular complexity index is 435. The summed E-state index contributed by atoms with van der Waals surface area (Å²) in [7, 11) is 0. The van der Waals surface area contributed by atoms with Gasteiger partial charge in [-0.05, 0) is 62.0 Å². The average molecular weight is 373 g/mol. The lowest BCUT2D eigenvalue weighted by molar-refractivity contribution is 0.0904. The average Bonchev–Trinajstić information content (AvgIpc) is 2.43. The molecular formula is C20H36O2S2. The van der Waals surface area contributed by atoms with Crippen LogP contribution >= 0.6 is 24.4 Å². The Hall–Kier alpha value is -0.220. The fourth-order valence-corrected chi connectivity index (χ4v) is 3.39. The SMILES string of the molecule is CC(C)COC(=S)C(C)(C)CC1CCCC(OC(=S)C(C)(C)C)C1. The smallest absolute Gasteiger partial charge is 0.165 e. The first-order valence-corrected chi connectivity index (χ1v) is 10.1. The topological polar surface area (TPSA) is 18.5 Å². The quantitative estimate of drug-likeness (QED) is 0.505. The van der Waals surface area contributed by atoms with Gasteiger partial charge in [0.25, 0.3) is 0 Å². The van der Waals surface area contributed by atoms with E-state index in [4.69, 9.17) is 33.9 Å². The molecule has 2 unspecified atom stereocenters. The van der Waals surface area contributed by atoms with Crippen molar-refractivity contribution in [2.45, 2.75) is 86.7 Å². The van der Waals surface area contributed by atoms with E-state index in [1.807, 2.05) is 0 Å². The van der Waals surface area contributed by atoms with Crippen molar-refractivity contribution < 1.29 is 9.47 Å². The lowest BCUT2D eigenvalue weighted by Gasteiger charge is -2.36. The Morgan fingerprint density at radius 1 is 1.04 bits per heavy atom. The largest absolute Gasteiger partial charge is 0.486 e. The highest BCUT2D eigenvalue weighted by Crippen LogP contribution is 2.37. The van der Waals surface area contributed by atoms with E-state index in [0.717, 1.165) is 29.4 Å². The molecule has 1 saturated carbocycles. The molecule has 2 nitrogen and oxygen atoms in total. The molecule has 140 valence electrons. The number of thiocarbonyl (C=S) groups is 2. The second-order valence-corrected chi connectivity index (χ2v) is 10.1. The molecule has 1 rings (SSSR count). The summed E-state index contributed by atoms with van der Waals surface area (Å²) in [6.07, 6.45) is 5.97. The minimum Gasteiger partial charge on any atom is -0.486 e. The van der Waals surface area contributed by atoms with Crippen molar-refractivity contribution >= 4 is 34.5 Å². The van der Waals surface area contributed by atoms with Crippen molar-refractivity contribution in [1.82, 2.24) is 0 Å². The van der Waals surface area contributed by atoms with Crippen LogP contribution < -0.4 is 0 Å². The summed E-state index contributed by atoms with van der Waals surface area (Å²) >= 11 is 11.0. The summed E-state index contributed by atoms with van der Waals surface area (Å²) in [5, 5.41) is 1.49. The van der Waals surface area contributed by atoms with Crippen molar-refractivity contribution in [3.63, 3.8) is 0 Å². The first kappa shape index (κ1) is 21.8. The summed E-state index contributed by atoms with van der Waals surface area (Å²) in [5.74, 6) is 1.13. The molecule has 24 heavy (non-hydrogen) atoms. The minimum atomic E-state index is -0.0681. The van der Waals surface area contributed by atoms with Gasteiger partial charge in [0.05, 0.1) is 12.7 Å². The number of ether oxygens (including phenoxy) is 2. The van der Waals surface area contributed by atoms with Crippen LogP contribution in [0.15, 0.2) is 0 Å². The van der Waals surface area contributed by atoms with E-state index in [2.05, 4.69) is 48.5 Å². The Kier molecular flexibility index (Phi) is 8.12. The standard InChI is InChI=1S/C20H36O2S2/c1-14(2)13-21-18(24)20(6,7)12-15-9-8-10-16(11-15)22-17(23)19(3,4)5/h14-16H,8-13H2,1-7H3. The summed E-state index contributed by atoms with van der Waals surface area (Å²) in [4.78, 5) is 0. The Morgan fingerprint density at radius 3 is 2.21 bits per heavy atom. The number of hydrogen-bond acceptors (Lipinski definition) is 4. The fourth-order valence-electron chi connectivity index (χ4n) is 3.11. The van der Waals surface area contributed by atoms with E-state index in [0.29, 0.717) is 18.4 Å². The molecule has 4 heteroatoms. The first-order chi connectivity index (χ1) is 10.9. The van der Waals surface area contributed by atoms with Gasteiger partial charge in [-0.15, -0.1) is 0 Å². The van der Waals surface area contributed by atoms with Gasteiger partial charge in [-0.25, -0.2) is 0 Å². The molecule has 1 fully saturated rings. The van der Waals surface area contributed by atoms with Crippen molar-refractivity contribution in [3.05, 3.63) is 0 Å². The van der Waals surface area contributed by atoms with Crippen LogP contribution in [0.3, 0.4) is 0 Å². The molecule has 0 aliphatic heterocycles. The normalized spacial score (nSPS) is 22.3. The molecule has 0 spiro atoms. The molecule has 0 heterocycles. The van der Waals surface area contributed by atoms with Crippen LogP contribution in [0.1, 0.15) is 80.6 Å². The van der Waals surface area contributed by atoms with E-state index in [-0.39, 0.29) is 16.9 Å². The van der Waals surface area contributed by atoms with Gasteiger partial charge in [0.2, 0.25) is 0 Å². The lowest BCUT2D eigenvalue weighted by Crippen LogP contribution is -2.34. The number of rotatable bonds is 6. The number of hydrogen-bond donors (Lipinski definition) is 0. The molecule has 0 N–H and O–H groups in total. The van der Waals surface area contributed by atoms with Crippen LogP contribution in [0.5, 0.6) is 0 Å². The molecule has 0 bridgehead atoms. The molecule has 0 saturated heterocycles. The minimum absolute atomic E-state index is 0.0617. The highest BCUT2D eigenvalue weighted by Gasteiger charge is 2.33. The lowest BCUT2D eigenvalue weighted by atomic mass is 9.76. The highest BCUT2D eigenvalue weighted by molar-refractivity contribution is 7.80. The van der Waals surface area contributed by atoms with Gasteiger partial charge in [0.15, 0.2) is 10.1 Å². The van der Waals surface area contributed by atoms with Crippen molar-refractivity contribution in [2.75, 3.05) is 6.61 Å². The van der Waals surface area contributed by atoms with E-state index < -0.39 is 0 Å². The van der Waals surface area contributed by atoms with Gasteiger partial charge in [-0.2, -0.15) is 0 Å². The molecule has 0 aromatic heterocycles. The fraction of sp³-hybridized carbons (Fsp3) is 0.900. The van der Waals surface area contributed by atoms with Crippen molar-refractivity contribution in [1.29, 1.82) is 0 Å². The van der Waals surface area contributed by atoms with E-state index in [1.165, 1.54) is 12.8 Å². The van der Waals surface area contributed by atoms with Gasteiger partial charge >= 0.3 is 0 Å². The van der Waals surface area contributed by atoms with Gasteiger partial charge < -0.3 is 9.47 Å². The predicted octanol–water partition coefficient (Wildman–Crippen LogP) is 6.35. The summed E-state index contributed by atoms with van der Waals surface area (Å²) in [5.41, 5.74) is -0.130. The summed E-state index contributed by atoms with van der Waals surface area (Å²) < 4.78 is 11.9. The van der Waals surface area contributed by atoms with E-state index >= 15 is 0 Å². The molecule has 1 aliphatic rings. The Morgan fingerprint density at radius 2 is 1.67 bits per heavy atom. The second kappa shape index (κ2) is 8.93. The zero-order valence-corrected chi connectivity index (χ0v) is 18.2. The maximum absolute atomic E-state index is 6.11. The zero-order chi connectivity index (χ0) is 18.5. The summed E-state index contributed by atoms with van der Waals surface area (Å²) in [6, 6.07) is 0. The third-order valence-corrected chi connectivity index (χ3v) is 5.90. The second-order valence-electron chi connectivity index (χ2n) is 9.39. The molecular weight excluding hydrogens is 336 g/mol. The Balaban J connectivity index is 2.55. The van der Waals surface area contributed by atoms with Crippen molar-refractivity contribution in [3.8, 4) is 0 Å². The van der Waals surface area contributed by atoms with Crippen molar-refractivity contribution in [2.24, 2.45) is 22.7 Å². The third-order valence-electron chi connectivity index (χ3n) is 4.52.